The molecule has 0 bridgehead atoms. The third kappa shape index (κ3) is 3.60. The Balaban J connectivity index is 1.88. The topological polar surface area (TPSA) is 67.9 Å². The first-order valence-corrected chi connectivity index (χ1v) is 7.44. The predicted octanol–water partition coefficient (Wildman–Crippen LogP) is -2.11. The molecular formula is C9H21N5O2S. The van der Waals surface area contributed by atoms with E-state index in [-0.39, 0.29) is 0 Å². The van der Waals surface area contributed by atoms with Gasteiger partial charge < -0.3 is 10.2 Å². The van der Waals surface area contributed by atoms with Crippen LogP contribution in [0.15, 0.2) is 0 Å². The summed E-state index contributed by atoms with van der Waals surface area (Å²) in [6.07, 6.45) is 0. The quantitative estimate of drug-likeness (QED) is 0.610. The van der Waals surface area contributed by atoms with Crippen LogP contribution in [-0.2, 0) is 10.2 Å². The molecule has 0 radical (unpaired) electrons. The summed E-state index contributed by atoms with van der Waals surface area (Å²) < 4.78 is 25.6. The molecule has 2 heterocycles. The SMILES string of the molecule is CN1CCN(NS(=O)(=O)N2CCNCC2)CC1. The van der Waals surface area contributed by atoms with Gasteiger partial charge in [0.1, 0.15) is 0 Å². The van der Waals surface area contributed by atoms with Crippen molar-refractivity contribution in [1.82, 2.24) is 24.4 Å². The lowest BCUT2D eigenvalue weighted by molar-refractivity contribution is 0.131. The first kappa shape index (κ1) is 13.2. The fourth-order valence-corrected chi connectivity index (χ4v) is 3.29. The summed E-state index contributed by atoms with van der Waals surface area (Å²) in [7, 11) is -1.31. The van der Waals surface area contributed by atoms with E-state index in [4.69, 9.17) is 0 Å². The molecule has 0 unspecified atom stereocenters. The van der Waals surface area contributed by atoms with Crippen LogP contribution in [0.5, 0.6) is 0 Å². The van der Waals surface area contributed by atoms with Gasteiger partial charge in [0.15, 0.2) is 0 Å². The van der Waals surface area contributed by atoms with Crippen molar-refractivity contribution in [2.24, 2.45) is 0 Å². The van der Waals surface area contributed by atoms with Gasteiger partial charge in [0, 0.05) is 52.4 Å². The van der Waals surface area contributed by atoms with Crippen molar-refractivity contribution < 1.29 is 8.42 Å². The number of hydrogen-bond acceptors (Lipinski definition) is 5. The van der Waals surface area contributed by atoms with E-state index in [1.54, 1.807) is 5.01 Å². The van der Waals surface area contributed by atoms with E-state index in [0.717, 1.165) is 39.3 Å². The van der Waals surface area contributed by atoms with E-state index in [1.165, 1.54) is 4.31 Å². The van der Waals surface area contributed by atoms with Crippen molar-refractivity contribution >= 4 is 10.2 Å². The number of nitrogens with one attached hydrogen (secondary N) is 2. The van der Waals surface area contributed by atoms with E-state index in [9.17, 15) is 8.42 Å². The number of rotatable bonds is 3. The normalized spacial score (nSPS) is 26.2. The maximum atomic E-state index is 12.1. The highest BCUT2D eigenvalue weighted by molar-refractivity contribution is 7.87. The second kappa shape index (κ2) is 5.59. The Bertz CT molecular complexity index is 333. The molecule has 2 N–H and O–H groups in total. The van der Waals surface area contributed by atoms with Crippen LogP contribution in [0.2, 0.25) is 0 Å². The number of likely N-dealkylation sites (N-methyl/N-ethyl adjacent to an activating group) is 1. The van der Waals surface area contributed by atoms with Crippen LogP contribution < -0.4 is 10.1 Å². The van der Waals surface area contributed by atoms with E-state index in [0.29, 0.717) is 13.1 Å². The summed E-state index contributed by atoms with van der Waals surface area (Å²) in [6, 6.07) is 0. The average Bonchev–Trinajstić information content (AvgIpc) is 2.33. The van der Waals surface area contributed by atoms with Gasteiger partial charge in [0.2, 0.25) is 0 Å². The molecule has 2 rings (SSSR count). The highest BCUT2D eigenvalue weighted by Gasteiger charge is 2.26. The molecule has 8 heteroatoms. The van der Waals surface area contributed by atoms with Crippen molar-refractivity contribution in [1.29, 1.82) is 0 Å². The van der Waals surface area contributed by atoms with Gasteiger partial charge in [-0.2, -0.15) is 12.7 Å². The molecule has 0 aromatic rings. The lowest BCUT2D eigenvalue weighted by Gasteiger charge is -2.34. The standard InChI is InChI=1S/C9H21N5O2S/c1-12-6-8-13(9-7-12)11-17(15,16)14-4-2-10-3-5-14/h10-11H,2-9H2,1H3. The van der Waals surface area contributed by atoms with Crippen molar-refractivity contribution in [3.05, 3.63) is 0 Å². The maximum absolute atomic E-state index is 12.1. The Labute approximate surface area is 103 Å². The maximum Gasteiger partial charge on any atom is 0.292 e. The van der Waals surface area contributed by atoms with Crippen molar-refractivity contribution in [2.45, 2.75) is 0 Å². The zero-order chi connectivity index (χ0) is 12.3. The van der Waals surface area contributed by atoms with Crippen LogP contribution in [0.4, 0.5) is 0 Å². The minimum absolute atomic E-state index is 0.545. The van der Waals surface area contributed by atoms with Gasteiger partial charge in [0.05, 0.1) is 0 Å². The molecule has 0 atom stereocenters. The van der Waals surface area contributed by atoms with Crippen molar-refractivity contribution in [3.63, 3.8) is 0 Å². The highest BCUT2D eigenvalue weighted by Crippen LogP contribution is 2.03. The monoisotopic (exact) mass is 263 g/mol. The highest BCUT2D eigenvalue weighted by atomic mass is 32.2. The molecule has 2 aliphatic heterocycles. The van der Waals surface area contributed by atoms with Crippen molar-refractivity contribution in [2.75, 3.05) is 59.4 Å². The second-order valence-electron chi connectivity index (χ2n) is 4.54. The number of hydrogen-bond donors (Lipinski definition) is 2. The Morgan fingerprint density at radius 1 is 1.00 bits per heavy atom. The number of nitrogens with zero attached hydrogens (tertiary/aromatic N) is 3. The van der Waals surface area contributed by atoms with Gasteiger partial charge in [-0.15, -0.1) is 4.83 Å². The fourth-order valence-electron chi connectivity index (χ4n) is 2.00. The van der Waals surface area contributed by atoms with E-state index < -0.39 is 10.2 Å². The molecule has 0 aromatic carbocycles. The first-order chi connectivity index (χ1) is 8.08. The molecule has 0 spiro atoms. The Morgan fingerprint density at radius 3 is 2.18 bits per heavy atom. The molecule has 2 aliphatic rings. The molecule has 2 saturated heterocycles. The summed E-state index contributed by atoms with van der Waals surface area (Å²) in [5.41, 5.74) is 0. The fraction of sp³-hybridized carbons (Fsp3) is 1.00. The summed E-state index contributed by atoms with van der Waals surface area (Å²) in [5, 5.41) is 4.93. The molecule has 17 heavy (non-hydrogen) atoms. The van der Waals surface area contributed by atoms with Crippen LogP contribution >= 0.6 is 0 Å². The average molecular weight is 263 g/mol. The minimum atomic E-state index is -3.35. The van der Waals surface area contributed by atoms with Crippen LogP contribution in [0.3, 0.4) is 0 Å². The molecule has 0 aliphatic carbocycles. The summed E-state index contributed by atoms with van der Waals surface area (Å²) in [4.78, 5) is 4.85. The zero-order valence-corrected chi connectivity index (χ0v) is 11.0. The smallest absolute Gasteiger partial charge is 0.292 e. The van der Waals surface area contributed by atoms with Gasteiger partial charge in [-0.3, -0.25) is 0 Å². The summed E-state index contributed by atoms with van der Waals surface area (Å²) in [6.45, 7) is 5.80. The van der Waals surface area contributed by atoms with Gasteiger partial charge in [-0.05, 0) is 7.05 Å². The third-order valence-electron chi connectivity index (χ3n) is 3.16. The molecule has 7 nitrogen and oxygen atoms in total. The predicted molar refractivity (Wildman–Crippen MR) is 65.6 cm³/mol. The molecular weight excluding hydrogens is 242 g/mol. The van der Waals surface area contributed by atoms with Crippen molar-refractivity contribution in [3.8, 4) is 0 Å². The molecule has 0 saturated carbocycles. The Morgan fingerprint density at radius 2 is 1.59 bits per heavy atom. The Hall–Kier alpha value is -0.250. The van der Waals surface area contributed by atoms with E-state index in [1.807, 2.05) is 7.05 Å². The number of piperazine rings is 2. The number of hydrazine groups is 1. The second-order valence-corrected chi connectivity index (χ2v) is 6.18. The minimum Gasteiger partial charge on any atom is -0.314 e. The van der Waals surface area contributed by atoms with Gasteiger partial charge in [-0.25, -0.2) is 5.01 Å². The van der Waals surface area contributed by atoms with E-state index >= 15 is 0 Å². The Kier molecular flexibility index (Phi) is 4.34. The largest absolute Gasteiger partial charge is 0.314 e. The van der Waals surface area contributed by atoms with Gasteiger partial charge in [0.25, 0.3) is 10.2 Å². The molecule has 100 valence electrons. The van der Waals surface area contributed by atoms with Gasteiger partial charge >= 0.3 is 0 Å². The lowest BCUT2D eigenvalue weighted by atomic mass is 10.4. The van der Waals surface area contributed by atoms with Crippen LogP contribution in [0.1, 0.15) is 0 Å². The third-order valence-corrected chi connectivity index (χ3v) is 4.70. The zero-order valence-electron chi connectivity index (χ0n) is 10.2. The van der Waals surface area contributed by atoms with Gasteiger partial charge in [-0.1, -0.05) is 0 Å². The molecule has 2 fully saturated rings. The molecule has 0 amide bonds. The van der Waals surface area contributed by atoms with Crippen LogP contribution in [0, 0.1) is 0 Å². The summed E-state index contributed by atoms with van der Waals surface area (Å²) >= 11 is 0. The summed E-state index contributed by atoms with van der Waals surface area (Å²) in [5.74, 6) is 0. The first-order valence-electron chi connectivity index (χ1n) is 6.00. The molecule has 0 aromatic heterocycles. The lowest BCUT2D eigenvalue weighted by Crippen LogP contribution is -2.58. The van der Waals surface area contributed by atoms with Crippen LogP contribution in [0.25, 0.3) is 0 Å². The van der Waals surface area contributed by atoms with E-state index in [2.05, 4.69) is 15.0 Å². The van der Waals surface area contributed by atoms with Crippen LogP contribution in [-0.4, -0.2) is 82.0 Å².